The number of aromatic nitrogens is 2. The van der Waals surface area contributed by atoms with Crippen molar-refractivity contribution in [2.24, 2.45) is 0 Å². The van der Waals surface area contributed by atoms with Crippen molar-refractivity contribution >= 4 is 5.82 Å². The monoisotopic (exact) mass is 105 g/mol. The van der Waals surface area contributed by atoms with Gasteiger partial charge >= 0.3 is 0 Å². The van der Waals surface area contributed by atoms with Crippen LogP contribution >= 0.6 is 0 Å². The smallest absolute Gasteiger partial charge is 0.296 e. The van der Waals surface area contributed by atoms with Gasteiger partial charge in [0.15, 0.2) is 0 Å². The van der Waals surface area contributed by atoms with Gasteiger partial charge in [-0.1, -0.05) is 11.7 Å². The molecule has 8 heavy (non-hydrogen) atoms. The molecule has 1 aromatic heterocycles. The first-order valence-corrected chi connectivity index (χ1v) is 2.08. The minimum atomic E-state index is 0.340. The zero-order valence-corrected chi connectivity index (χ0v) is 4.07. The van der Waals surface area contributed by atoms with Crippen LogP contribution < -0.4 is 0 Å². The van der Waals surface area contributed by atoms with E-state index in [-0.39, 0.29) is 0 Å². The molecule has 0 fully saturated rings. The normalized spacial score (nSPS) is 7.88. The summed E-state index contributed by atoms with van der Waals surface area (Å²) in [4.78, 5) is 3.05. The summed E-state index contributed by atoms with van der Waals surface area (Å²) in [6, 6.07) is 3.29. The number of hydrogen-bond acceptors (Lipinski definition) is 2. The molecule has 0 aliphatic rings. The van der Waals surface area contributed by atoms with Gasteiger partial charge in [-0.05, 0) is 17.2 Å². The van der Waals surface area contributed by atoms with Crippen molar-refractivity contribution in [1.82, 2.24) is 10.2 Å². The lowest BCUT2D eigenvalue weighted by Gasteiger charge is -1.77. The highest BCUT2D eigenvalue weighted by atomic mass is 15.1. The Morgan fingerprint density at radius 1 is 1.62 bits per heavy atom. The van der Waals surface area contributed by atoms with E-state index in [2.05, 4.69) is 15.0 Å². The van der Waals surface area contributed by atoms with E-state index in [1.54, 1.807) is 12.1 Å². The van der Waals surface area contributed by atoms with E-state index in [0.29, 0.717) is 5.82 Å². The Bertz CT molecular complexity index is 199. The average molecular weight is 105 g/mol. The van der Waals surface area contributed by atoms with Crippen LogP contribution in [0.3, 0.4) is 0 Å². The summed E-state index contributed by atoms with van der Waals surface area (Å²) in [6.45, 7) is 6.47. The Hall–Kier alpha value is -1.43. The van der Waals surface area contributed by atoms with Crippen molar-refractivity contribution in [1.29, 1.82) is 0 Å². The summed E-state index contributed by atoms with van der Waals surface area (Å²) >= 11 is 0. The van der Waals surface area contributed by atoms with Crippen LogP contribution in [0.5, 0.6) is 0 Å². The molecule has 0 N–H and O–H groups in total. The quantitative estimate of drug-likeness (QED) is 0.461. The van der Waals surface area contributed by atoms with Crippen molar-refractivity contribution in [2.45, 2.75) is 0 Å². The summed E-state index contributed by atoms with van der Waals surface area (Å²) in [5.41, 5.74) is 0. The minimum Gasteiger partial charge on any atom is -0.359 e. The minimum absolute atomic E-state index is 0.340. The van der Waals surface area contributed by atoms with Gasteiger partial charge in [0.2, 0.25) is 0 Å². The van der Waals surface area contributed by atoms with Crippen LogP contribution in [0.15, 0.2) is 18.3 Å². The van der Waals surface area contributed by atoms with Gasteiger partial charge in [0.05, 0.1) is 6.20 Å². The van der Waals surface area contributed by atoms with Crippen molar-refractivity contribution in [3.8, 4) is 0 Å². The van der Waals surface area contributed by atoms with E-state index in [9.17, 15) is 0 Å². The highest BCUT2D eigenvalue weighted by molar-refractivity contribution is 5.31. The van der Waals surface area contributed by atoms with Gasteiger partial charge in [-0.3, -0.25) is 0 Å². The zero-order chi connectivity index (χ0) is 5.82. The van der Waals surface area contributed by atoms with E-state index >= 15 is 0 Å². The Kier molecular flexibility index (Phi) is 1.20. The molecule has 38 valence electrons. The number of hydrogen-bond donors (Lipinski definition) is 0. The maximum absolute atomic E-state index is 6.47. The molecule has 0 atom stereocenters. The summed E-state index contributed by atoms with van der Waals surface area (Å²) in [6.07, 6.45) is 1.54. The van der Waals surface area contributed by atoms with E-state index < -0.39 is 0 Å². The van der Waals surface area contributed by atoms with Crippen LogP contribution in [-0.2, 0) is 0 Å². The number of rotatable bonds is 0. The second kappa shape index (κ2) is 2.03. The van der Waals surface area contributed by atoms with Crippen LogP contribution in [-0.4, -0.2) is 10.2 Å². The molecular weight excluding hydrogens is 102 g/mol. The van der Waals surface area contributed by atoms with Gasteiger partial charge in [-0.25, -0.2) is 0 Å². The third kappa shape index (κ3) is 0.793. The molecule has 0 saturated carbocycles. The van der Waals surface area contributed by atoms with Crippen molar-refractivity contribution in [3.05, 3.63) is 29.7 Å². The predicted octanol–water partition coefficient (Wildman–Crippen LogP) is 1.03. The van der Waals surface area contributed by atoms with Crippen molar-refractivity contribution < 1.29 is 0 Å². The van der Waals surface area contributed by atoms with Gasteiger partial charge in [0.25, 0.3) is 5.82 Å². The fourth-order valence-electron chi connectivity index (χ4n) is 0.353. The van der Waals surface area contributed by atoms with Gasteiger partial charge in [-0.15, -0.1) is 0 Å². The first-order chi connectivity index (χ1) is 3.93. The highest BCUT2D eigenvalue weighted by Gasteiger charge is 1.84. The molecule has 0 aliphatic carbocycles. The topological polar surface area (TPSA) is 30.1 Å². The lowest BCUT2D eigenvalue weighted by Crippen LogP contribution is -1.73. The van der Waals surface area contributed by atoms with Crippen LogP contribution in [0.1, 0.15) is 0 Å². The second-order valence-corrected chi connectivity index (χ2v) is 1.19. The van der Waals surface area contributed by atoms with E-state index in [1.807, 2.05) is 0 Å². The van der Waals surface area contributed by atoms with Crippen molar-refractivity contribution in [3.63, 3.8) is 0 Å². The number of nitrogens with zero attached hydrogens (tertiary/aromatic N) is 3. The van der Waals surface area contributed by atoms with E-state index in [0.717, 1.165) is 0 Å². The summed E-state index contributed by atoms with van der Waals surface area (Å²) in [7, 11) is 0. The van der Waals surface area contributed by atoms with Crippen LogP contribution in [0.25, 0.3) is 4.85 Å². The third-order valence-electron chi connectivity index (χ3n) is 0.673. The molecule has 1 heterocycles. The summed E-state index contributed by atoms with van der Waals surface area (Å²) in [5, 5.41) is 6.98. The molecule has 0 unspecified atom stereocenters. The Morgan fingerprint density at radius 2 is 2.50 bits per heavy atom. The molecule has 1 rings (SSSR count). The molecular formula is C5H3N3. The second-order valence-electron chi connectivity index (χ2n) is 1.19. The maximum Gasteiger partial charge on any atom is 0.296 e. The standard InChI is InChI=1S/C5H3N3/c1-6-5-3-2-4-7-8-5/h2-4H. The summed E-state index contributed by atoms with van der Waals surface area (Å²) < 4.78 is 0. The van der Waals surface area contributed by atoms with Crippen LogP contribution in [0.4, 0.5) is 5.82 Å². The molecule has 0 spiro atoms. The van der Waals surface area contributed by atoms with Crippen molar-refractivity contribution in [2.75, 3.05) is 0 Å². The lowest BCUT2D eigenvalue weighted by atomic mass is 10.5. The fourth-order valence-corrected chi connectivity index (χ4v) is 0.353. The molecule has 0 amide bonds. The molecule has 3 nitrogen and oxygen atoms in total. The molecule has 0 bridgehead atoms. The van der Waals surface area contributed by atoms with Crippen LogP contribution in [0, 0.1) is 6.57 Å². The van der Waals surface area contributed by atoms with E-state index in [4.69, 9.17) is 6.57 Å². The molecule has 1 aromatic rings. The SMILES string of the molecule is [C-]#[N+]c1cccnn1. The molecule has 0 aliphatic heterocycles. The molecule has 0 aromatic carbocycles. The average Bonchev–Trinajstić information content (AvgIpc) is 1.90. The third-order valence-corrected chi connectivity index (χ3v) is 0.673. The Labute approximate surface area is 46.8 Å². The van der Waals surface area contributed by atoms with Gasteiger partial charge in [-0.2, -0.15) is 0 Å². The first kappa shape index (κ1) is 4.72. The largest absolute Gasteiger partial charge is 0.359 e. The zero-order valence-electron chi connectivity index (χ0n) is 4.07. The molecule has 0 saturated heterocycles. The van der Waals surface area contributed by atoms with Crippen LogP contribution in [0.2, 0.25) is 0 Å². The summed E-state index contributed by atoms with van der Waals surface area (Å²) in [5.74, 6) is 0.340. The fraction of sp³-hybridized carbons (Fsp3) is 0. The first-order valence-electron chi connectivity index (χ1n) is 2.08. The molecule has 3 heteroatoms. The molecule has 0 radical (unpaired) electrons. The lowest BCUT2D eigenvalue weighted by molar-refractivity contribution is 1.05. The van der Waals surface area contributed by atoms with E-state index in [1.165, 1.54) is 6.20 Å². The predicted molar refractivity (Wildman–Crippen MR) is 28.3 cm³/mol. The van der Waals surface area contributed by atoms with Gasteiger partial charge in [0, 0.05) is 0 Å². The Morgan fingerprint density at radius 3 is 2.88 bits per heavy atom. The van der Waals surface area contributed by atoms with Gasteiger partial charge < -0.3 is 4.85 Å². The maximum atomic E-state index is 6.47. The highest BCUT2D eigenvalue weighted by Crippen LogP contribution is 2.00. The Balaban J connectivity index is 3.05. The van der Waals surface area contributed by atoms with Gasteiger partial charge in [0.1, 0.15) is 0 Å².